The first-order valence-electron chi connectivity index (χ1n) is 4.79. The molecule has 0 heterocycles. The van der Waals surface area contributed by atoms with Gasteiger partial charge in [-0.2, -0.15) is 0 Å². The summed E-state index contributed by atoms with van der Waals surface area (Å²) in [5, 5.41) is 17.7. The maximum atomic E-state index is 13.5. The van der Waals surface area contributed by atoms with Gasteiger partial charge in [0.25, 0.3) is 0 Å². The van der Waals surface area contributed by atoms with Crippen LogP contribution in [0.2, 0.25) is 0 Å². The first-order chi connectivity index (χ1) is 7.02. The molecule has 0 radical (unpaired) electrons. The van der Waals surface area contributed by atoms with Gasteiger partial charge in [0.15, 0.2) is 11.6 Å². The van der Waals surface area contributed by atoms with E-state index in [9.17, 15) is 4.39 Å². The van der Waals surface area contributed by atoms with Gasteiger partial charge in [0.1, 0.15) is 0 Å². The van der Waals surface area contributed by atoms with Crippen LogP contribution in [0.25, 0.3) is 0 Å². The van der Waals surface area contributed by atoms with Crippen molar-refractivity contribution in [2.75, 3.05) is 6.61 Å². The molecule has 1 aromatic carbocycles. The lowest BCUT2D eigenvalue weighted by atomic mass is 9.80. The third-order valence-corrected chi connectivity index (χ3v) is 1.84. The smallest absolute Gasteiger partial charge is 0.490 e. The van der Waals surface area contributed by atoms with Crippen molar-refractivity contribution in [3.8, 4) is 5.75 Å². The van der Waals surface area contributed by atoms with Crippen LogP contribution in [0.3, 0.4) is 0 Å². The molecule has 0 fully saturated rings. The van der Waals surface area contributed by atoms with Crippen molar-refractivity contribution < 1.29 is 19.2 Å². The molecule has 0 spiro atoms. The second kappa shape index (κ2) is 5.14. The topological polar surface area (TPSA) is 49.7 Å². The highest BCUT2D eigenvalue weighted by molar-refractivity contribution is 6.58. The van der Waals surface area contributed by atoms with Crippen LogP contribution in [-0.4, -0.2) is 23.8 Å². The zero-order valence-corrected chi connectivity index (χ0v) is 8.77. The van der Waals surface area contributed by atoms with Crippen molar-refractivity contribution >= 4 is 12.6 Å². The highest BCUT2D eigenvalue weighted by Gasteiger charge is 2.19. The molecule has 0 aliphatic heterocycles. The monoisotopic (exact) mass is 212 g/mol. The Labute approximate surface area is 88.7 Å². The minimum absolute atomic E-state index is 0.0503. The molecule has 0 aliphatic rings. The highest BCUT2D eigenvalue weighted by atomic mass is 19.1. The number of halogens is 1. The number of rotatable bonds is 4. The Kier molecular flexibility index (Phi) is 4.11. The van der Waals surface area contributed by atoms with Crippen molar-refractivity contribution in [1.29, 1.82) is 0 Å². The van der Waals surface area contributed by atoms with Crippen LogP contribution in [0.5, 0.6) is 5.75 Å². The summed E-state index contributed by atoms with van der Waals surface area (Å²) in [6.07, 6.45) is 0. The minimum atomic E-state index is -1.81. The molecule has 0 aromatic heterocycles. The summed E-state index contributed by atoms with van der Waals surface area (Å²) >= 11 is 0. The third-order valence-electron chi connectivity index (χ3n) is 1.84. The van der Waals surface area contributed by atoms with Crippen LogP contribution >= 0.6 is 0 Å². The van der Waals surface area contributed by atoms with E-state index in [1.54, 1.807) is 0 Å². The van der Waals surface area contributed by atoms with Crippen molar-refractivity contribution in [3.63, 3.8) is 0 Å². The fraction of sp³-hybridized carbons (Fsp3) is 0.400. The van der Waals surface area contributed by atoms with Gasteiger partial charge in [-0.05, 0) is 12.0 Å². The van der Waals surface area contributed by atoms with Crippen LogP contribution in [0, 0.1) is 11.7 Å². The molecule has 0 amide bonds. The lowest BCUT2D eigenvalue weighted by Gasteiger charge is -2.11. The van der Waals surface area contributed by atoms with Crippen LogP contribution < -0.4 is 10.2 Å². The van der Waals surface area contributed by atoms with Crippen molar-refractivity contribution in [3.05, 3.63) is 24.0 Å². The Bertz CT molecular complexity index is 328. The van der Waals surface area contributed by atoms with Gasteiger partial charge in [-0.3, -0.25) is 0 Å². The Balaban J connectivity index is 2.85. The van der Waals surface area contributed by atoms with Gasteiger partial charge >= 0.3 is 7.12 Å². The highest BCUT2D eigenvalue weighted by Crippen LogP contribution is 2.15. The van der Waals surface area contributed by atoms with E-state index in [0.29, 0.717) is 6.61 Å². The summed E-state index contributed by atoms with van der Waals surface area (Å²) in [7, 11) is -1.81. The first kappa shape index (κ1) is 12.0. The molecule has 82 valence electrons. The van der Waals surface area contributed by atoms with Crippen LogP contribution in [0.4, 0.5) is 4.39 Å². The molecule has 5 heteroatoms. The normalized spacial score (nSPS) is 10.5. The second-order valence-electron chi connectivity index (χ2n) is 3.74. The molecular weight excluding hydrogens is 198 g/mol. The predicted octanol–water partition coefficient (Wildman–Crippen LogP) is 0.540. The summed E-state index contributed by atoms with van der Waals surface area (Å²) in [4.78, 5) is 0. The van der Waals surface area contributed by atoms with Gasteiger partial charge in [0.2, 0.25) is 0 Å². The first-order valence-corrected chi connectivity index (χ1v) is 4.79. The van der Waals surface area contributed by atoms with Gasteiger partial charge in [-0.15, -0.1) is 0 Å². The van der Waals surface area contributed by atoms with E-state index in [0.717, 1.165) is 0 Å². The number of ether oxygens (including phenoxy) is 1. The van der Waals surface area contributed by atoms with Gasteiger partial charge in [-0.1, -0.05) is 26.0 Å². The molecule has 0 bridgehead atoms. The Morgan fingerprint density at radius 1 is 1.40 bits per heavy atom. The molecule has 0 aliphatic carbocycles. The maximum Gasteiger partial charge on any atom is 0.491 e. The summed E-state index contributed by atoms with van der Waals surface area (Å²) < 4.78 is 18.7. The molecular formula is C10H14BFO3. The Hall–Kier alpha value is -1.07. The number of benzene rings is 1. The van der Waals surface area contributed by atoms with Crippen molar-refractivity contribution in [2.45, 2.75) is 13.8 Å². The third kappa shape index (κ3) is 3.21. The molecule has 3 nitrogen and oxygen atoms in total. The minimum Gasteiger partial charge on any atom is -0.490 e. The molecule has 0 saturated carbocycles. The lowest BCUT2D eigenvalue weighted by Crippen LogP contribution is -2.33. The summed E-state index contributed by atoms with van der Waals surface area (Å²) in [5.41, 5.74) is -0.170. The summed E-state index contributed by atoms with van der Waals surface area (Å²) in [6.45, 7) is 4.28. The molecule has 0 atom stereocenters. The molecule has 2 N–H and O–H groups in total. The maximum absolute atomic E-state index is 13.5. The number of hydrogen-bond acceptors (Lipinski definition) is 3. The van der Waals surface area contributed by atoms with Crippen molar-refractivity contribution in [1.82, 2.24) is 0 Å². The van der Waals surface area contributed by atoms with Gasteiger partial charge in [-0.25, -0.2) is 4.39 Å². The Morgan fingerprint density at radius 2 is 2.07 bits per heavy atom. The zero-order valence-electron chi connectivity index (χ0n) is 8.77. The van der Waals surface area contributed by atoms with Crippen LogP contribution in [0.1, 0.15) is 13.8 Å². The van der Waals surface area contributed by atoms with E-state index in [1.165, 1.54) is 18.2 Å². The molecule has 0 unspecified atom stereocenters. The average Bonchev–Trinajstić information content (AvgIpc) is 2.15. The second-order valence-corrected chi connectivity index (χ2v) is 3.74. The zero-order chi connectivity index (χ0) is 11.4. The fourth-order valence-corrected chi connectivity index (χ4v) is 1.10. The largest absolute Gasteiger partial charge is 0.491 e. The van der Waals surface area contributed by atoms with Gasteiger partial charge in [0, 0.05) is 5.46 Å². The van der Waals surface area contributed by atoms with E-state index >= 15 is 0 Å². The molecule has 15 heavy (non-hydrogen) atoms. The Morgan fingerprint density at radius 3 is 2.60 bits per heavy atom. The molecule has 1 aromatic rings. The van der Waals surface area contributed by atoms with E-state index in [-0.39, 0.29) is 17.1 Å². The average molecular weight is 212 g/mol. The SMILES string of the molecule is CC(C)COc1cccc(B(O)O)c1F. The van der Waals surface area contributed by atoms with Crippen LogP contribution in [0.15, 0.2) is 18.2 Å². The van der Waals surface area contributed by atoms with Gasteiger partial charge < -0.3 is 14.8 Å². The summed E-state index contributed by atoms with van der Waals surface area (Å²) in [6, 6.07) is 4.29. The molecule has 0 saturated heterocycles. The quantitative estimate of drug-likeness (QED) is 0.716. The summed E-state index contributed by atoms with van der Waals surface area (Å²) in [5.74, 6) is -0.380. The van der Waals surface area contributed by atoms with Gasteiger partial charge in [0.05, 0.1) is 6.61 Å². The van der Waals surface area contributed by atoms with E-state index in [1.807, 2.05) is 13.8 Å². The molecule has 1 rings (SSSR count). The number of hydrogen-bond donors (Lipinski definition) is 2. The standard InChI is InChI=1S/C10H14BFO3/c1-7(2)6-15-9-5-3-4-8(10(9)12)11(13)14/h3-5,7,13-14H,6H2,1-2H3. The van der Waals surface area contributed by atoms with E-state index in [4.69, 9.17) is 14.8 Å². The van der Waals surface area contributed by atoms with Crippen molar-refractivity contribution in [2.24, 2.45) is 5.92 Å². The van der Waals surface area contributed by atoms with E-state index in [2.05, 4.69) is 0 Å². The van der Waals surface area contributed by atoms with Crippen LogP contribution in [-0.2, 0) is 0 Å². The fourth-order valence-electron chi connectivity index (χ4n) is 1.10. The lowest BCUT2D eigenvalue weighted by molar-refractivity contribution is 0.259. The van der Waals surface area contributed by atoms with E-state index < -0.39 is 12.9 Å². The predicted molar refractivity (Wildman–Crippen MR) is 56.6 cm³/mol.